The lowest BCUT2D eigenvalue weighted by Gasteiger charge is -2.06. The third-order valence-corrected chi connectivity index (χ3v) is 4.28. The van der Waals surface area contributed by atoms with Crippen molar-refractivity contribution in [1.82, 2.24) is 24.5 Å². The highest BCUT2D eigenvalue weighted by Crippen LogP contribution is 2.22. The molecule has 3 heterocycles. The Morgan fingerprint density at radius 2 is 2.00 bits per heavy atom. The predicted octanol–water partition coefficient (Wildman–Crippen LogP) is 3.16. The number of aromatic nitrogens is 5. The van der Waals surface area contributed by atoms with Crippen LogP contribution in [0.4, 0.5) is 0 Å². The molecular weight excluding hydrogens is 326 g/mol. The average Bonchev–Trinajstić information content (AvgIpc) is 3.07. The van der Waals surface area contributed by atoms with Gasteiger partial charge in [0.1, 0.15) is 5.82 Å². The number of aryl methyl sites for hydroxylation is 2. The number of nitrogens with zero attached hydrogens (tertiary/aromatic N) is 5. The molecule has 4 rings (SSSR count). The number of fused-ring (bicyclic) bond motifs is 1. The minimum atomic E-state index is -0.0161. The van der Waals surface area contributed by atoms with Gasteiger partial charge in [-0.3, -0.25) is 9.78 Å². The Morgan fingerprint density at radius 1 is 1.12 bits per heavy atom. The second-order valence-corrected chi connectivity index (χ2v) is 6.24. The summed E-state index contributed by atoms with van der Waals surface area (Å²) < 4.78 is 1.96. The summed E-state index contributed by atoms with van der Waals surface area (Å²) in [7, 11) is 1.95. The molecule has 0 atom stereocenters. The van der Waals surface area contributed by atoms with Gasteiger partial charge in [-0.15, -0.1) is 0 Å². The maximum atomic E-state index is 12.5. The van der Waals surface area contributed by atoms with Crippen LogP contribution in [0.15, 0.2) is 55.2 Å². The zero-order chi connectivity index (χ0) is 18.1. The summed E-state index contributed by atoms with van der Waals surface area (Å²) in [6.07, 6.45) is 7.15. The lowest BCUT2D eigenvalue weighted by Crippen LogP contribution is -2.07. The molecule has 4 aromatic rings. The van der Waals surface area contributed by atoms with Crippen molar-refractivity contribution in [2.24, 2.45) is 7.05 Å². The highest BCUT2D eigenvalue weighted by atomic mass is 16.1. The molecule has 0 fully saturated rings. The monoisotopic (exact) mass is 343 g/mol. The highest BCUT2D eigenvalue weighted by Gasteiger charge is 2.11. The van der Waals surface area contributed by atoms with Crippen molar-refractivity contribution in [1.29, 1.82) is 0 Å². The molecule has 0 N–H and O–H groups in total. The SMILES string of the molecule is Cc1cc(C(=O)Cc2ncc3ccc(-c4cncn4C)cc3n2)ccn1. The maximum Gasteiger partial charge on any atom is 0.170 e. The normalized spacial score (nSPS) is 11.0. The molecule has 0 bridgehead atoms. The van der Waals surface area contributed by atoms with Gasteiger partial charge < -0.3 is 4.57 Å². The van der Waals surface area contributed by atoms with Crippen molar-refractivity contribution in [2.75, 3.05) is 0 Å². The topological polar surface area (TPSA) is 73.6 Å². The number of hydrogen-bond acceptors (Lipinski definition) is 5. The number of hydrogen-bond donors (Lipinski definition) is 0. The largest absolute Gasteiger partial charge is 0.334 e. The highest BCUT2D eigenvalue weighted by molar-refractivity contribution is 5.97. The molecule has 3 aromatic heterocycles. The number of carbonyl (C=O) groups is 1. The number of benzene rings is 1. The number of ketones is 1. The summed E-state index contributed by atoms with van der Waals surface area (Å²) >= 11 is 0. The van der Waals surface area contributed by atoms with Crippen molar-refractivity contribution in [3.8, 4) is 11.3 Å². The Hall–Kier alpha value is -3.41. The molecule has 0 aliphatic heterocycles. The second kappa shape index (κ2) is 6.48. The number of imidazole rings is 1. The van der Waals surface area contributed by atoms with E-state index in [1.165, 1.54) is 0 Å². The first-order valence-corrected chi connectivity index (χ1v) is 8.28. The molecular formula is C20H17N5O. The molecule has 26 heavy (non-hydrogen) atoms. The molecule has 0 saturated carbocycles. The molecule has 0 spiro atoms. The van der Waals surface area contributed by atoms with Gasteiger partial charge in [-0.05, 0) is 25.1 Å². The third kappa shape index (κ3) is 3.09. The van der Waals surface area contributed by atoms with Crippen LogP contribution in [0.1, 0.15) is 21.9 Å². The van der Waals surface area contributed by atoms with Crippen LogP contribution in [0.5, 0.6) is 0 Å². The van der Waals surface area contributed by atoms with E-state index >= 15 is 0 Å². The minimum Gasteiger partial charge on any atom is -0.334 e. The number of pyridine rings is 1. The van der Waals surface area contributed by atoms with Gasteiger partial charge in [0.15, 0.2) is 5.78 Å². The Kier molecular flexibility index (Phi) is 4.01. The average molecular weight is 343 g/mol. The summed E-state index contributed by atoms with van der Waals surface area (Å²) in [5.41, 5.74) is 4.29. The first-order valence-electron chi connectivity index (χ1n) is 8.28. The molecule has 0 unspecified atom stereocenters. The van der Waals surface area contributed by atoms with Crippen LogP contribution in [0.25, 0.3) is 22.2 Å². The smallest absolute Gasteiger partial charge is 0.170 e. The molecule has 0 aliphatic rings. The van der Waals surface area contributed by atoms with E-state index in [0.717, 1.165) is 27.9 Å². The van der Waals surface area contributed by atoms with Crippen molar-refractivity contribution >= 4 is 16.7 Å². The van der Waals surface area contributed by atoms with Crippen LogP contribution in [-0.4, -0.2) is 30.3 Å². The Morgan fingerprint density at radius 3 is 2.77 bits per heavy atom. The van der Waals surface area contributed by atoms with E-state index in [2.05, 4.69) is 19.9 Å². The maximum absolute atomic E-state index is 12.5. The molecule has 0 aliphatic carbocycles. The summed E-state index contributed by atoms with van der Waals surface area (Å²) in [4.78, 5) is 29.7. The molecule has 0 radical (unpaired) electrons. The quantitative estimate of drug-likeness (QED) is 0.532. The van der Waals surface area contributed by atoms with Gasteiger partial charge in [0, 0.05) is 41.6 Å². The lowest BCUT2D eigenvalue weighted by molar-refractivity contribution is 0.0990. The van der Waals surface area contributed by atoms with E-state index in [1.54, 1.807) is 30.9 Å². The molecule has 6 heteroatoms. The van der Waals surface area contributed by atoms with Crippen LogP contribution < -0.4 is 0 Å². The van der Waals surface area contributed by atoms with Crippen molar-refractivity contribution in [2.45, 2.75) is 13.3 Å². The predicted molar refractivity (Wildman–Crippen MR) is 98.7 cm³/mol. The Labute approximate surface area is 150 Å². The first-order chi connectivity index (χ1) is 12.6. The van der Waals surface area contributed by atoms with Gasteiger partial charge in [0.05, 0.1) is 30.2 Å². The zero-order valence-corrected chi connectivity index (χ0v) is 14.5. The Balaban J connectivity index is 1.66. The third-order valence-electron chi connectivity index (χ3n) is 4.28. The zero-order valence-electron chi connectivity index (χ0n) is 14.5. The van der Waals surface area contributed by atoms with Crippen molar-refractivity contribution in [3.05, 3.63) is 72.3 Å². The number of Topliss-reactive ketones (excluding diaryl/α,β-unsaturated/α-hetero) is 1. The number of rotatable bonds is 4. The van der Waals surface area contributed by atoms with Crippen LogP contribution in [0.3, 0.4) is 0 Å². The fraction of sp³-hybridized carbons (Fsp3) is 0.150. The van der Waals surface area contributed by atoms with E-state index < -0.39 is 0 Å². The summed E-state index contributed by atoms with van der Waals surface area (Å²) in [6.45, 7) is 1.86. The molecule has 128 valence electrons. The first kappa shape index (κ1) is 16.1. The fourth-order valence-corrected chi connectivity index (χ4v) is 2.91. The summed E-state index contributed by atoms with van der Waals surface area (Å²) in [5, 5.41) is 0.937. The van der Waals surface area contributed by atoms with Gasteiger partial charge in [0.25, 0.3) is 0 Å². The van der Waals surface area contributed by atoms with Gasteiger partial charge in [-0.25, -0.2) is 15.0 Å². The Bertz CT molecular complexity index is 1120. The molecule has 1 aromatic carbocycles. The van der Waals surface area contributed by atoms with E-state index in [4.69, 9.17) is 0 Å². The van der Waals surface area contributed by atoms with Crippen molar-refractivity contribution in [3.63, 3.8) is 0 Å². The second-order valence-electron chi connectivity index (χ2n) is 6.24. The standard InChI is InChI=1S/C20H17N5O/c1-13-7-15(5-6-22-13)19(26)9-20-23-10-16-4-3-14(8-17(16)24-20)18-11-21-12-25(18)2/h3-8,10-12H,9H2,1-2H3. The van der Waals surface area contributed by atoms with Gasteiger partial charge >= 0.3 is 0 Å². The van der Waals surface area contributed by atoms with Gasteiger partial charge in [0.2, 0.25) is 0 Å². The molecule has 0 amide bonds. The van der Waals surface area contributed by atoms with Crippen LogP contribution >= 0.6 is 0 Å². The van der Waals surface area contributed by atoms with Crippen LogP contribution in [-0.2, 0) is 13.5 Å². The minimum absolute atomic E-state index is 0.0161. The van der Waals surface area contributed by atoms with E-state index in [0.29, 0.717) is 11.4 Å². The van der Waals surface area contributed by atoms with Crippen LogP contribution in [0, 0.1) is 6.92 Å². The summed E-state index contributed by atoms with van der Waals surface area (Å²) in [6, 6.07) is 9.50. The van der Waals surface area contributed by atoms with E-state index in [9.17, 15) is 4.79 Å². The van der Waals surface area contributed by atoms with Gasteiger partial charge in [-0.1, -0.05) is 12.1 Å². The number of carbonyl (C=O) groups excluding carboxylic acids is 1. The van der Waals surface area contributed by atoms with Crippen LogP contribution in [0.2, 0.25) is 0 Å². The van der Waals surface area contributed by atoms with E-state index in [1.807, 2.05) is 42.9 Å². The fourth-order valence-electron chi connectivity index (χ4n) is 2.91. The summed E-state index contributed by atoms with van der Waals surface area (Å²) in [5.74, 6) is 0.497. The molecule has 0 saturated heterocycles. The van der Waals surface area contributed by atoms with E-state index in [-0.39, 0.29) is 12.2 Å². The van der Waals surface area contributed by atoms with Crippen molar-refractivity contribution < 1.29 is 4.79 Å². The molecule has 6 nitrogen and oxygen atoms in total. The van der Waals surface area contributed by atoms with Gasteiger partial charge in [-0.2, -0.15) is 0 Å². The lowest BCUT2D eigenvalue weighted by atomic mass is 10.1.